The monoisotopic (exact) mass is 270 g/mol. The summed E-state index contributed by atoms with van der Waals surface area (Å²) in [6.07, 6.45) is 0.804. The van der Waals surface area contributed by atoms with Crippen molar-refractivity contribution in [3.8, 4) is 0 Å². The molecule has 0 saturated heterocycles. The summed E-state index contributed by atoms with van der Waals surface area (Å²) in [5, 5.41) is 10.2. The van der Waals surface area contributed by atoms with Crippen LogP contribution in [-0.4, -0.2) is 21.7 Å². The molecule has 0 heterocycles. The second-order valence-electron chi connectivity index (χ2n) is 2.72. The van der Waals surface area contributed by atoms with Gasteiger partial charge < -0.3 is 5.11 Å². The molecule has 4 heteroatoms. The zero-order valence-corrected chi connectivity index (χ0v) is 8.48. The Morgan fingerprint density at radius 1 is 1.60 bits per heavy atom. The van der Waals surface area contributed by atoms with Crippen LogP contribution in [0.1, 0.15) is 6.42 Å². The van der Waals surface area contributed by atoms with Gasteiger partial charge in [-0.2, -0.15) is 0 Å². The first-order valence-electron chi connectivity index (χ1n) is 3.01. The molecule has 1 atom stereocenters. The number of hydrogen-bond acceptors (Lipinski definition) is 1. The van der Waals surface area contributed by atoms with Crippen LogP contribution in [0.2, 0.25) is 0 Å². The summed E-state index contributed by atoms with van der Waals surface area (Å²) >= 11 is 6.62. The molecular weight excluding hydrogens is 264 g/mol. The Morgan fingerprint density at radius 3 is 2.20 bits per heavy atom. The summed E-state index contributed by atoms with van der Waals surface area (Å²) in [7, 11) is 0. The van der Waals surface area contributed by atoms with Crippen molar-refractivity contribution >= 4 is 37.8 Å². The summed E-state index contributed by atoms with van der Waals surface area (Å²) in [4.78, 5) is 10.5. The summed E-state index contributed by atoms with van der Waals surface area (Å²) in [6, 6.07) is 0. The maximum absolute atomic E-state index is 10.5. The fourth-order valence-corrected chi connectivity index (χ4v) is 3.20. The minimum Gasteiger partial charge on any atom is -0.481 e. The van der Waals surface area contributed by atoms with Crippen LogP contribution in [0.4, 0.5) is 0 Å². The lowest BCUT2D eigenvalue weighted by Gasteiger charge is -2.05. The first-order chi connectivity index (χ1) is 4.66. The number of carboxylic acids is 1. The molecule has 10 heavy (non-hydrogen) atoms. The quantitative estimate of drug-likeness (QED) is 0.796. The van der Waals surface area contributed by atoms with E-state index in [0.717, 1.165) is 17.1 Å². The molecule has 0 radical (unpaired) electrons. The SMILES string of the molecule is O=C(O)C1CC1(CBr)CBr. The van der Waals surface area contributed by atoms with E-state index in [1.54, 1.807) is 0 Å². The van der Waals surface area contributed by atoms with Crippen molar-refractivity contribution in [1.29, 1.82) is 0 Å². The Balaban J connectivity index is 2.53. The van der Waals surface area contributed by atoms with E-state index in [1.165, 1.54) is 0 Å². The van der Waals surface area contributed by atoms with E-state index in [-0.39, 0.29) is 11.3 Å². The van der Waals surface area contributed by atoms with Gasteiger partial charge in [-0.3, -0.25) is 4.79 Å². The fourth-order valence-electron chi connectivity index (χ4n) is 1.03. The molecule has 0 aromatic rings. The third-order valence-electron chi connectivity index (χ3n) is 2.02. The van der Waals surface area contributed by atoms with E-state index in [4.69, 9.17) is 5.11 Å². The van der Waals surface area contributed by atoms with Crippen molar-refractivity contribution in [2.45, 2.75) is 6.42 Å². The molecular formula is C6H8Br2O2. The molecule has 1 aliphatic rings. The number of aliphatic carboxylic acids is 1. The number of hydrogen-bond donors (Lipinski definition) is 1. The van der Waals surface area contributed by atoms with Gasteiger partial charge in [-0.1, -0.05) is 31.9 Å². The van der Waals surface area contributed by atoms with Gasteiger partial charge in [0.15, 0.2) is 0 Å². The van der Waals surface area contributed by atoms with Gasteiger partial charge in [0, 0.05) is 16.1 Å². The van der Waals surface area contributed by atoms with Gasteiger partial charge in [0.25, 0.3) is 0 Å². The zero-order chi connectivity index (χ0) is 7.78. The average molecular weight is 272 g/mol. The first-order valence-corrected chi connectivity index (χ1v) is 5.25. The van der Waals surface area contributed by atoms with Gasteiger partial charge >= 0.3 is 5.97 Å². The highest BCUT2D eigenvalue weighted by Gasteiger charge is 2.56. The second kappa shape index (κ2) is 2.81. The topological polar surface area (TPSA) is 37.3 Å². The standard InChI is InChI=1S/C6H8Br2O2/c7-2-6(3-8)1-4(6)5(9)10/h4H,1-3H2,(H,9,10). The highest BCUT2D eigenvalue weighted by molar-refractivity contribution is 9.09. The van der Waals surface area contributed by atoms with E-state index in [0.29, 0.717) is 0 Å². The van der Waals surface area contributed by atoms with Crippen LogP contribution in [0, 0.1) is 11.3 Å². The van der Waals surface area contributed by atoms with Crippen LogP contribution in [0.3, 0.4) is 0 Å². The van der Waals surface area contributed by atoms with Crippen molar-refractivity contribution in [1.82, 2.24) is 0 Å². The number of alkyl halides is 2. The Labute approximate surface area is 76.2 Å². The Bertz CT molecular complexity index is 154. The summed E-state index contributed by atoms with van der Waals surface area (Å²) in [5.41, 5.74) is 0.00579. The largest absolute Gasteiger partial charge is 0.481 e. The normalized spacial score (nSPS) is 28.0. The average Bonchev–Trinajstić information content (AvgIpc) is 2.63. The van der Waals surface area contributed by atoms with Gasteiger partial charge in [0.1, 0.15) is 0 Å². The molecule has 0 aromatic carbocycles. The molecule has 1 saturated carbocycles. The van der Waals surface area contributed by atoms with Crippen LogP contribution in [0.15, 0.2) is 0 Å². The van der Waals surface area contributed by atoms with Crippen LogP contribution < -0.4 is 0 Å². The molecule has 1 unspecified atom stereocenters. The van der Waals surface area contributed by atoms with E-state index >= 15 is 0 Å². The first kappa shape index (κ1) is 8.53. The third-order valence-corrected chi connectivity index (χ3v) is 4.25. The Hall–Kier alpha value is 0.430. The minimum absolute atomic E-state index is 0.00579. The summed E-state index contributed by atoms with van der Waals surface area (Å²) < 4.78 is 0. The molecule has 0 bridgehead atoms. The lowest BCUT2D eigenvalue weighted by atomic mass is 10.1. The van der Waals surface area contributed by atoms with Crippen LogP contribution in [-0.2, 0) is 4.79 Å². The fraction of sp³-hybridized carbons (Fsp3) is 0.833. The highest BCUT2D eigenvalue weighted by Crippen LogP contribution is 2.54. The minimum atomic E-state index is -0.668. The zero-order valence-electron chi connectivity index (χ0n) is 5.31. The van der Waals surface area contributed by atoms with E-state index in [9.17, 15) is 4.79 Å². The maximum Gasteiger partial charge on any atom is 0.307 e. The molecule has 58 valence electrons. The molecule has 1 N–H and O–H groups in total. The van der Waals surface area contributed by atoms with E-state index in [2.05, 4.69) is 31.9 Å². The third kappa shape index (κ3) is 1.23. The van der Waals surface area contributed by atoms with Crippen molar-refractivity contribution < 1.29 is 9.90 Å². The predicted molar refractivity (Wildman–Crippen MR) is 45.8 cm³/mol. The van der Waals surface area contributed by atoms with Crippen LogP contribution in [0.25, 0.3) is 0 Å². The Kier molecular flexibility index (Phi) is 2.40. The van der Waals surface area contributed by atoms with Crippen molar-refractivity contribution in [3.63, 3.8) is 0 Å². The molecule has 0 aliphatic heterocycles. The predicted octanol–water partition coefficient (Wildman–Crippen LogP) is 1.87. The van der Waals surface area contributed by atoms with E-state index in [1.807, 2.05) is 0 Å². The van der Waals surface area contributed by atoms with Gasteiger partial charge in [-0.05, 0) is 6.42 Å². The van der Waals surface area contributed by atoms with Crippen LogP contribution in [0.5, 0.6) is 0 Å². The van der Waals surface area contributed by atoms with Crippen molar-refractivity contribution in [2.75, 3.05) is 10.7 Å². The summed E-state index contributed by atoms with van der Waals surface area (Å²) in [6.45, 7) is 0. The van der Waals surface area contributed by atoms with Crippen molar-refractivity contribution in [2.24, 2.45) is 11.3 Å². The van der Waals surface area contributed by atoms with E-state index < -0.39 is 5.97 Å². The van der Waals surface area contributed by atoms with Gasteiger partial charge in [0.05, 0.1) is 5.92 Å². The van der Waals surface area contributed by atoms with Gasteiger partial charge in [0.2, 0.25) is 0 Å². The molecule has 0 spiro atoms. The highest BCUT2D eigenvalue weighted by atomic mass is 79.9. The number of carboxylic acid groups (broad SMARTS) is 1. The molecule has 0 aromatic heterocycles. The smallest absolute Gasteiger partial charge is 0.307 e. The lowest BCUT2D eigenvalue weighted by molar-refractivity contribution is -0.139. The number of halogens is 2. The number of carbonyl (C=O) groups is 1. The summed E-state index contributed by atoms with van der Waals surface area (Å²) in [5.74, 6) is -0.801. The van der Waals surface area contributed by atoms with Gasteiger partial charge in [-0.25, -0.2) is 0 Å². The Morgan fingerprint density at radius 2 is 2.10 bits per heavy atom. The second-order valence-corrected chi connectivity index (χ2v) is 3.85. The lowest BCUT2D eigenvalue weighted by Crippen LogP contribution is -2.13. The molecule has 1 fully saturated rings. The van der Waals surface area contributed by atoms with Crippen LogP contribution >= 0.6 is 31.9 Å². The maximum atomic E-state index is 10.5. The molecule has 2 nitrogen and oxygen atoms in total. The molecule has 1 aliphatic carbocycles. The number of rotatable bonds is 3. The molecule has 1 rings (SSSR count). The molecule has 0 amide bonds. The van der Waals surface area contributed by atoms with Crippen molar-refractivity contribution in [3.05, 3.63) is 0 Å². The van der Waals surface area contributed by atoms with Gasteiger partial charge in [-0.15, -0.1) is 0 Å².